The minimum absolute atomic E-state index is 0.103. The molecular formula is C15H26ClN3. The number of anilines is 1. The Morgan fingerprint density at radius 2 is 1.63 bits per heavy atom. The average Bonchev–Trinajstić information content (AvgIpc) is 2.42. The van der Waals surface area contributed by atoms with Crippen LogP contribution in [0.4, 0.5) is 5.82 Å². The van der Waals surface area contributed by atoms with E-state index in [0.29, 0.717) is 5.15 Å². The second kappa shape index (κ2) is 7.09. The molecule has 0 spiro atoms. The van der Waals surface area contributed by atoms with Gasteiger partial charge in [0, 0.05) is 17.5 Å². The predicted octanol–water partition coefficient (Wildman–Crippen LogP) is 4.77. The van der Waals surface area contributed by atoms with Crippen LogP contribution in [0.25, 0.3) is 0 Å². The van der Waals surface area contributed by atoms with Crippen molar-refractivity contribution in [2.45, 2.75) is 72.3 Å². The average molecular weight is 284 g/mol. The molecule has 1 aromatic heterocycles. The lowest BCUT2D eigenvalue weighted by atomic mass is 9.89. The van der Waals surface area contributed by atoms with Crippen LogP contribution in [0.2, 0.25) is 5.15 Å². The number of aromatic nitrogens is 2. The molecule has 0 saturated carbocycles. The van der Waals surface area contributed by atoms with E-state index in [2.05, 4.69) is 43.0 Å². The van der Waals surface area contributed by atoms with Crippen molar-refractivity contribution in [3.8, 4) is 0 Å². The molecule has 19 heavy (non-hydrogen) atoms. The summed E-state index contributed by atoms with van der Waals surface area (Å²) in [5.74, 6) is 1.73. The van der Waals surface area contributed by atoms with Crippen molar-refractivity contribution in [2.75, 3.05) is 5.32 Å². The van der Waals surface area contributed by atoms with Gasteiger partial charge in [-0.1, -0.05) is 39.3 Å². The van der Waals surface area contributed by atoms with Gasteiger partial charge in [0.05, 0.1) is 0 Å². The maximum absolute atomic E-state index is 6.22. The van der Waals surface area contributed by atoms with Crippen molar-refractivity contribution in [2.24, 2.45) is 0 Å². The first kappa shape index (κ1) is 16.2. The van der Waals surface area contributed by atoms with Crippen LogP contribution < -0.4 is 5.32 Å². The first-order chi connectivity index (χ1) is 9.01. The molecule has 0 aromatic carbocycles. The van der Waals surface area contributed by atoms with Crippen molar-refractivity contribution in [1.29, 1.82) is 0 Å². The number of halogens is 1. The molecule has 4 heteroatoms. The van der Waals surface area contributed by atoms with E-state index in [1.165, 1.54) is 0 Å². The fraction of sp³-hybridized carbons (Fsp3) is 0.733. The molecule has 108 valence electrons. The zero-order valence-corrected chi connectivity index (χ0v) is 13.6. The van der Waals surface area contributed by atoms with Crippen molar-refractivity contribution >= 4 is 17.4 Å². The highest BCUT2D eigenvalue weighted by Gasteiger charge is 2.25. The minimum Gasteiger partial charge on any atom is -0.364 e. The van der Waals surface area contributed by atoms with Crippen LogP contribution in [-0.2, 0) is 6.42 Å². The van der Waals surface area contributed by atoms with Crippen LogP contribution in [0.15, 0.2) is 0 Å². The van der Waals surface area contributed by atoms with Crippen molar-refractivity contribution in [3.63, 3.8) is 0 Å². The van der Waals surface area contributed by atoms with Crippen molar-refractivity contribution in [3.05, 3.63) is 16.5 Å². The fourth-order valence-electron chi connectivity index (χ4n) is 2.26. The van der Waals surface area contributed by atoms with Crippen LogP contribution >= 0.6 is 11.6 Å². The number of hydrogen-bond donors (Lipinski definition) is 1. The van der Waals surface area contributed by atoms with Gasteiger partial charge in [0.25, 0.3) is 0 Å². The highest BCUT2D eigenvalue weighted by atomic mass is 35.5. The van der Waals surface area contributed by atoms with Crippen LogP contribution in [0.3, 0.4) is 0 Å². The monoisotopic (exact) mass is 283 g/mol. The van der Waals surface area contributed by atoms with Gasteiger partial charge < -0.3 is 5.32 Å². The third-order valence-corrected chi connectivity index (χ3v) is 4.39. The van der Waals surface area contributed by atoms with Gasteiger partial charge in [0.2, 0.25) is 0 Å². The van der Waals surface area contributed by atoms with Gasteiger partial charge in [-0.05, 0) is 32.6 Å². The number of hydrogen-bond acceptors (Lipinski definition) is 3. The van der Waals surface area contributed by atoms with Crippen molar-refractivity contribution in [1.82, 2.24) is 9.97 Å². The summed E-state index contributed by atoms with van der Waals surface area (Å²) < 4.78 is 0. The summed E-state index contributed by atoms with van der Waals surface area (Å²) in [6.45, 7) is 10.7. The molecule has 1 heterocycles. The zero-order valence-electron chi connectivity index (χ0n) is 12.8. The zero-order chi connectivity index (χ0) is 14.5. The second-order valence-electron chi connectivity index (χ2n) is 5.12. The molecule has 3 nitrogen and oxygen atoms in total. The van der Waals surface area contributed by atoms with Crippen LogP contribution in [0.1, 0.15) is 64.8 Å². The van der Waals surface area contributed by atoms with Gasteiger partial charge in [-0.2, -0.15) is 0 Å². The smallest absolute Gasteiger partial charge is 0.137 e. The molecular weight excluding hydrogens is 258 g/mol. The molecule has 0 saturated heterocycles. The van der Waals surface area contributed by atoms with Gasteiger partial charge in [-0.15, -0.1) is 0 Å². The molecule has 0 atom stereocenters. The third-order valence-electron chi connectivity index (χ3n) is 4.02. The molecule has 1 rings (SSSR count). The summed E-state index contributed by atoms with van der Waals surface area (Å²) >= 11 is 6.22. The number of rotatable bonds is 7. The van der Waals surface area contributed by atoms with Crippen molar-refractivity contribution < 1.29 is 0 Å². The Morgan fingerprint density at radius 3 is 2.11 bits per heavy atom. The van der Waals surface area contributed by atoms with E-state index in [0.717, 1.165) is 49.3 Å². The molecule has 1 aromatic rings. The second-order valence-corrected chi connectivity index (χ2v) is 5.48. The van der Waals surface area contributed by atoms with E-state index in [1.54, 1.807) is 0 Å². The molecule has 0 bridgehead atoms. The Kier molecular flexibility index (Phi) is 6.05. The van der Waals surface area contributed by atoms with E-state index in [4.69, 9.17) is 11.6 Å². The molecule has 0 aliphatic carbocycles. The van der Waals surface area contributed by atoms with E-state index in [1.807, 2.05) is 6.92 Å². The maximum atomic E-state index is 6.22. The largest absolute Gasteiger partial charge is 0.364 e. The van der Waals surface area contributed by atoms with Gasteiger partial charge >= 0.3 is 0 Å². The first-order valence-corrected chi connectivity index (χ1v) is 7.70. The molecule has 0 unspecified atom stereocenters. The number of nitrogens with zero attached hydrogens (tertiary/aromatic N) is 2. The quantitative estimate of drug-likeness (QED) is 0.732. The molecule has 0 radical (unpaired) electrons. The lowest BCUT2D eigenvalue weighted by Gasteiger charge is -2.33. The fourth-order valence-corrected chi connectivity index (χ4v) is 2.44. The molecule has 1 N–H and O–H groups in total. The standard InChI is InChI=1S/C15H26ClN3/c1-6-10-12-17-13(16)11(5)14(18-12)19-15(7-2,8-3)9-4/h6-10H2,1-5H3,(H,17,18,19). The maximum Gasteiger partial charge on any atom is 0.137 e. The Labute approximate surface area is 122 Å². The third kappa shape index (κ3) is 3.82. The molecule has 0 amide bonds. The normalized spacial score (nSPS) is 11.7. The summed E-state index contributed by atoms with van der Waals surface area (Å²) in [5, 5.41) is 4.18. The van der Waals surface area contributed by atoms with Crippen LogP contribution in [0.5, 0.6) is 0 Å². The predicted molar refractivity (Wildman–Crippen MR) is 83.0 cm³/mol. The molecule has 0 aliphatic rings. The highest BCUT2D eigenvalue weighted by Crippen LogP contribution is 2.28. The van der Waals surface area contributed by atoms with Crippen LogP contribution in [0, 0.1) is 6.92 Å². The first-order valence-electron chi connectivity index (χ1n) is 7.33. The summed E-state index contributed by atoms with van der Waals surface area (Å²) in [7, 11) is 0. The van der Waals surface area contributed by atoms with Gasteiger partial charge in [0.15, 0.2) is 0 Å². The molecule has 0 aliphatic heterocycles. The topological polar surface area (TPSA) is 37.8 Å². The number of aryl methyl sites for hydroxylation is 1. The van der Waals surface area contributed by atoms with Gasteiger partial charge in [-0.3, -0.25) is 0 Å². The number of nitrogens with one attached hydrogen (secondary N) is 1. The Balaban J connectivity index is 3.11. The minimum atomic E-state index is 0.103. The summed E-state index contributed by atoms with van der Waals surface area (Å²) in [4.78, 5) is 8.99. The van der Waals surface area contributed by atoms with Crippen LogP contribution in [-0.4, -0.2) is 15.5 Å². The Bertz CT molecular complexity index is 406. The van der Waals surface area contributed by atoms with Gasteiger partial charge in [-0.25, -0.2) is 9.97 Å². The summed E-state index contributed by atoms with van der Waals surface area (Å²) in [5.41, 5.74) is 1.05. The van der Waals surface area contributed by atoms with E-state index >= 15 is 0 Å². The SMILES string of the molecule is CCCc1nc(Cl)c(C)c(NC(CC)(CC)CC)n1. The van der Waals surface area contributed by atoms with E-state index < -0.39 is 0 Å². The van der Waals surface area contributed by atoms with Gasteiger partial charge in [0.1, 0.15) is 16.8 Å². The highest BCUT2D eigenvalue weighted by molar-refractivity contribution is 6.30. The Hall–Kier alpha value is -0.830. The lowest BCUT2D eigenvalue weighted by Crippen LogP contribution is -2.37. The van der Waals surface area contributed by atoms with E-state index in [-0.39, 0.29) is 5.54 Å². The lowest BCUT2D eigenvalue weighted by molar-refractivity contribution is 0.418. The summed E-state index contributed by atoms with van der Waals surface area (Å²) in [6.07, 6.45) is 5.11. The molecule has 0 fully saturated rings. The van der Waals surface area contributed by atoms with E-state index in [9.17, 15) is 0 Å². The summed E-state index contributed by atoms with van der Waals surface area (Å²) in [6, 6.07) is 0. The Morgan fingerprint density at radius 1 is 1.05 bits per heavy atom.